The zero-order chi connectivity index (χ0) is 17.0. The average Bonchev–Trinajstić information content (AvgIpc) is 2.52. The Balaban J connectivity index is 2.16. The molecule has 0 radical (unpaired) electrons. The summed E-state index contributed by atoms with van der Waals surface area (Å²) in [7, 11) is 1.63. The molecular weight excluding hydrogens is 294 g/mol. The lowest BCUT2D eigenvalue weighted by Gasteiger charge is -2.32. The van der Waals surface area contributed by atoms with Gasteiger partial charge in [0.1, 0.15) is 11.4 Å². The minimum absolute atomic E-state index is 0.0688. The van der Waals surface area contributed by atoms with Gasteiger partial charge in [0.2, 0.25) is 0 Å². The molecule has 0 aromatic heterocycles. The van der Waals surface area contributed by atoms with Gasteiger partial charge in [-0.1, -0.05) is 12.1 Å². The first-order valence-corrected chi connectivity index (χ1v) is 7.78. The van der Waals surface area contributed by atoms with Crippen LogP contribution in [0.3, 0.4) is 0 Å². The minimum atomic E-state index is -0.517. The Bertz CT molecular complexity index is 584. The van der Waals surface area contributed by atoms with E-state index in [9.17, 15) is 9.90 Å². The molecule has 5 nitrogen and oxygen atoms in total. The van der Waals surface area contributed by atoms with E-state index < -0.39 is 5.60 Å². The van der Waals surface area contributed by atoms with E-state index in [-0.39, 0.29) is 12.7 Å². The van der Waals surface area contributed by atoms with Gasteiger partial charge in [0.25, 0.3) is 0 Å². The summed E-state index contributed by atoms with van der Waals surface area (Å²) in [6, 6.07) is 7.76. The Morgan fingerprint density at radius 1 is 1.26 bits per heavy atom. The minimum Gasteiger partial charge on any atom is -0.497 e. The van der Waals surface area contributed by atoms with Gasteiger partial charge in [0, 0.05) is 13.1 Å². The molecule has 1 aromatic carbocycles. The van der Waals surface area contributed by atoms with Crippen LogP contribution in [0.25, 0.3) is 5.57 Å². The normalized spacial score (nSPS) is 15.6. The van der Waals surface area contributed by atoms with Crippen molar-refractivity contribution in [2.45, 2.75) is 32.8 Å². The molecule has 1 amide bonds. The molecular formula is C18H25NO4. The Labute approximate surface area is 137 Å². The first-order chi connectivity index (χ1) is 10.8. The number of aliphatic hydroxyl groups excluding tert-OH is 1. The number of nitrogens with zero attached hydrogens (tertiary/aromatic N) is 1. The van der Waals surface area contributed by atoms with Crippen molar-refractivity contribution in [1.29, 1.82) is 0 Å². The number of carbonyl (C=O) groups excluding carboxylic acids is 1. The Morgan fingerprint density at radius 2 is 1.91 bits per heavy atom. The van der Waals surface area contributed by atoms with Crippen LogP contribution < -0.4 is 4.74 Å². The van der Waals surface area contributed by atoms with Gasteiger partial charge in [0.05, 0.1) is 13.7 Å². The second-order valence-electron chi connectivity index (χ2n) is 6.62. The highest BCUT2D eigenvalue weighted by molar-refractivity contribution is 5.75. The molecule has 0 saturated carbocycles. The second-order valence-corrected chi connectivity index (χ2v) is 6.62. The summed E-state index contributed by atoms with van der Waals surface area (Å²) in [5, 5.41) is 9.69. The van der Waals surface area contributed by atoms with Crippen LogP contribution in [0.5, 0.6) is 5.75 Å². The smallest absolute Gasteiger partial charge is 0.410 e. The van der Waals surface area contributed by atoms with Crippen molar-refractivity contribution in [3.05, 3.63) is 35.4 Å². The van der Waals surface area contributed by atoms with Crippen LogP contribution in [0.1, 0.15) is 32.8 Å². The molecule has 1 aromatic rings. The molecule has 1 aliphatic heterocycles. The predicted molar refractivity (Wildman–Crippen MR) is 89.4 cm³/mol. The van der Waals surface area contributed by atoms with Crippen LogP contribution >= 0.6 is 0 Å². The maximum atomic E-state index is 12.2. The second kappa shape index (κ2) is 7.04. The largest absolute Gasteiger partial charge is 0.497 e. The zero-order valence-corrected chi connectivity index (χ0v) is 14.3. The first-order valence-electron chi connectivity index (χ1n) is 7.78. The average molecular weight is 319 g/mol. The predicted octanol–water partition coefficient (Wildman–Crippen LogP) is 3.08. The Kier molecular flexibility index (Phi) is 5.31. The van der Waals surface area contributed by atoms with Crippen molar-refractivity contribution in [3.63, 3.8) is 0 Å². The van der Waals surface area contributed by atoms with Crippen LogP contribution in [0.4, 0.5) is 4.79 Å². The standard InChI is InChI=1S/C18H25NO4/c1-18(2,3)23-17(21)19-10-9-16(14(11-19)12-20)13-5-7-15(22-4)8-6-13/h5-8,20H,9-12H2,1-4H3. The van der Waals surface area contributed by atoms with Crippen molar-refractivity contribution < 1.29 is 19.4 Å². The van der Waals surface area contributed by atoms with E-state index >= 15 is 0 Å². The van der Waals surface area contributed by atoms with E-state index in [1.54, 1.807) is 12.0 Å². The lowest BCUT2D eigenvalue weighted by molar-refractivity contribution is 0.0260. The number of hydrogen-bond donors (Lipinski definition) is 1. The van der Waals surface area contributed by atoms with Crippen LogP contribution in [0, 0.1) is 0 Å². The van der Waals surface area contributed by atoms with E-state index in [4.69, 9.17) is 9.47 Å². The molecule has 1 N–H and O–H groups in total. The van der Waals surface area contributed by atoms with Crippen molar-refractivity contribution in [2.75, 3.05) is 26.8 Å². The van der Waals surface area contributed by atoms with E-state index in [1.165, 1.54) is 0 Å². The van der Waals surface area contributed by atoms with E-state index in [1.807, 2.05) is 45.0 Å². The number of rotatable bonds is 3. The third-order valence-corrected chi connectivity index (χ3v) is 3.72. The highest BCUT2D eigenvalue weighted by Crippen LogP contribution is 2.29. The maximum Gasteiger partial charge on any atom is 0.410 e. The number of carbonyl (C=O) groups is 1. The molecule has 0 spiro atoms. The van der Waals surface area contributed by atoms with E-state index in [2.05, 4.69) is 0 Å². The van der Waals surface area contributed by atoms with Gasteiger partial charge >= 0.3 is 6.09 Å². The molecule has 0 atom stereocenters. The van der Waals surface area contributed by atoms with Crippen molar-refractivity contribution in [1.82, 2.24) is 4.90 Å². The van der Waals surface area contributed by atoms with E-state index in [0.717, 1.165) is 22.5 Å². The summed E-state index contributed by atoms with van der Waals surface area (Å²) in [5.41, 5.74) is 2.48. The highest BCUT2D eigenvalue weighted by atomic mass is 16.6. The fourth-order valence-electron chi connectivity index (χ4n) is 2.60. The number of aliphatic hydroxyl groups is 1. The lowest BCUT2D eigenvalue weighted by atomic mass is 9.94. The Morgan fingerprint density at radius 3 is 2.43 bits per heavy atom. The SMILES string of the molecule is COc1ccc(C2=C(CO)CN(C(=O)OC(C)(C)C)CC2)cc1. The van der Waals surface area contributed by atoms with Gasteiger partial charge in [0.15, 0.2) is 0 Å². The van der Waals surface area contributed by atoms with Crippen molar-refractivity contribution in [2.24, 2.45) is 0 Å². The number of ether oxygens (including phenoxy) is 2. The lowest BCUT2D eigenvalue weighted by Crippen LogP contribution is -2.41. The highest BCUT2D eigenvalue weighted by Gasteiger charge is 2.27. The number of amides is 1. The molecule has 2 rings (SSSR count). The monoisotopic (exact) mass is 319 g/mol. The number of benzene rings is 1. The molecule has 5 heteroatoms. The fraction of sp³-hybridized carbons (Fsp3) is 0.500. The third kappa shape index (κ3) is 4.48. The van der Waals surface area contributed by atoms with Crippen LogP contribution in [0.15, 0.2) is 29.8 Å². The first kappa shape index (κ1) is 17.3. The van der Waals surface area contributed by atoms with Crippen molar-refractivity contribution in [3.8, 4) is 5.75 Å². The molecule has 1 aliphatic rings. The van der Waals surface area contributed by atoms with Gasteiger partial charge in [-0.2, -0.15) is 0 Å². The summed E-state index contributed by atoms with van der Waals surface area (Å²) in [5.74, 6) is 0.797. The molecule has 1 heterocycles. The topological polar surface area (TPSA) is 59.0 Å². The molecule has 23 heavy (non-hydrogen) atoms. The summed E-state index contributed by atoms with van der Waals surface area (Å²) in [6.45, 7) is 6.45. The molecule has 0 fully saturated rings. The van der Waals surface area contributed by atoms with E-state index in [0.29, 0.717) is 19.5 Å². The van der Waals surface area contributed by atoms with Gasteiger partial charge in [-0.05, 0) is 56.0 Å². The molecule has 0 saturated heterocycles. The van der Waals surface area contributed by atoms with Gasteiger partial charge in [-0.15, -0.1) is 0 Å². The van der Waals surface area contributed by atoms with Gasteiger partial charge in [-0.3, -0.25) is 0 Å². The number of methoxy groups -OCH3 is 1. The molecule has 0 bridgehead atoms. The van der Waals surface area contributed by atoms with Crippen LogP contribution in [-0.4, -0.2) is 48.5 Å². The molecule has 126 valence electrons. The number of hydrogen-bond acceptors (Lipinski definition) is 4. The third-order valence-electron chi connectivity index (χ3n) is 3.72. The van der Waals surface area contributed by atoms with Crippen molar-refractivity contribution >= 4 is 11.7 Å². The summed E-state index contributed by atoms with van der Waals surface area (Å²) in [6.07, 6.45) is 0.360. The zero-order valence-electron chi connectivity index (χ0n) is 14.3. The fourth-order valence-corrected chi connectivity index (χ4v) is 2.60. The summed E-state index contributed by atoms with van der Waals surface area (Å²) in [4.78, 5) is 13.8. The molecule has 0 aliphatic carbocycles. The quantitative estimate of drug-likeness (QED) is 0.930. The summed E-state index contributed by atoms with van der Waals surface area (Å²) < 4.78 is 10.6. The summed E-state index contributed by atoms with van der Waals surface area (Å²) >= 11 is 0. The molecule has 0 unspecified atom stereocenters. The Hall–Kier alpha value is -2.01. The van der Waals surface area contributed by atoms with Crippen LogP contribution in [0.2, 0.25) is 0 Å². The van der Waals surface area contributed by atoms with Gasteiger partial charge in [-0.25, -0.2) is 4.79 Å². The van der Waals surface area contributed by atoms with Gasteiger partial charge < -0.3 is 19.5 Å². The maximum absolute atomic E-state index is 12.2. The van der Waals surface area contributed by atoms with Crippen LogP contribution in [-0.2, 0) is 4.74 Å².